The number of carbonyl (C=O) groups excluding carboxylic acids is 1. The Bertz CT molecular complexity index is 360. The Kier molecular flexibility index (Phi) is 7.55. The predicted octanol–water partition coefficient (Wildman–Crippen LogP) is 1.00. The van der Waals surface area contributed by atoms with Gasteiger partial charge in [-0.15, -0.1) is 0 Å². The van der Waals surface area contributed by atoms with Crippen molar-refractivity contribution in [2.45, 2.75) is 64.0 Å². The van der Waals surface area contributed by atoms with Gasteiger partial charge in [0, 0.05) is 19.2 Å². The highest BCUT2D eigenvalue weighted by atomic mass is 16.6. The van der Waals surface area contributed by atoms with E-state index in [-0.39, 0.29) is 18.2 Å². The van der Waals surface area contributed by atoms with Crippen molar-refractivity contribution >= 4 is 6.09 Å². The largest absolute Gasteiger partial charge is 0.447 e. The van der Waals surface area contributed by atoms with E-state index in [1.807, 2.05) is 0 Å². The Hall–Kier alpha value is -0.890. The van der Waals surface area contributed by atoms with Crippen molar-refractivity contribution in [1.29, 1.82) is 0 Å². The topological polar surface area (TPSA) is 89.1 Å². The van der Waals surface area contributed by atoms with Crippen LogP contribution in [0.15, 0.2) is 0 Å². The number of hydrogen-bond acceptors (Lipinski definition) is 6. The zero-order valence-corrected chi connectivity index (χ0v) is 14.1. The minimum Gasteiger partial charge on any atom is -0.447 e. The van der Waals surface area contributed by atoms with Crippen LogP contribution in [0.3, 0.4) is 0 Å². The van der Waals surface area contributed by atoms with Gasteiger partial charge in [0.1, 0.15) is 6.61 Å². The predicted molar refractivity (Wildman–Crippen MR) is 85.1 cm³/mol. The fraction of sp³-hybridized carbons (Fsp3) is 0.938. The Morgan fingerprint density at radius 1 is 1.30 bits per heavy atom. The summed E-state index contributed by atoms with van der Waals surface area (Å²) >= 11 is 0. The fourth-order valence-corrected chi connectivity index (χ4v) is 2.99. The summed E-state index contributed by atoms with van der Waals surface area (Å²) in [5, 5.41) is 15.8. The first kappa shape index (κ1) is 18.4. The van der Waals surface area contributed by atoms with Crippen LogP contribution in [0.25, 0.3) is 0 Å². The molecule has 0 aromatic heterocycles. The van der Waals surface area contributed by atoms with E-state index in [1.54, 1.807) is 0 Å². The van der Waals surface area contributed by atoms with Crippen LogP contribution in [0.1, 0.15) is 39.5 Å². The number of aliphatic hydroxyl groups excluding tert-OH is 1. The molecule has 0 aliphatic carbocycles. The average Bonchev–Trinajstić information content (AvgIpc) is 3.13. The highest BCUT2D eigenvalue weighted by molar-refractivity contribution is 5.67. The monoisotopic (exact) mass is 330 g/mol. The normalized spacial score (nSPS) is 29.0. The standard InChI is InChI=1S/C16H30N2O5/c1-11(2)8-12(9-17-14-5-7-22-15(14)19)18-16(20)23-10-13-4-3-6-21-13/h11-15,17,19H,3-10H2,1-2H3,(H,18,20)/t12-,13?,14+,15?/m1/s1. The lowest BCUT2D eigenvalue weighted by atomic mass is 10.0. The molecule has 2 aliphatic rings. The van der Waals surface area contributed by atoms with Crippen LogP contribution in [0, 0.1) is 5.92 Å². The van der Waals surface area contributed by atoms with E-state index in [9.17, 15) is 9.90 Å². The van der Waals surface area contributed by atoms with E-state index in [0.717, 1.165) is 32.3 Å². The number of amides is 1. The Balaban J connectivity index is 1.71. The highest BCUT2D eigenvalue weighted by Gasteiger charge is 2.27. The van der Waals surface area contributed by atoms with Gasteiger partial charge in [-0.25, -0.2) is 4.79 Å². The van der Waals surface area contributed by atoms with Gasteiger partial charge in [-0.05, 0) is 31.6 Å². The van der Waals surface area contributed by atoms with Crippen molar-refractivity contribution in [3.63, 3.8) is 0 Å². The van der Waals surface area contributed by atoms with Crippen LogP contribution in [0.4, 0.5) is 4.79 Å². The van der Waals surface area contributed by atoms with Gasteiger partial charge in [-0.1, -0.05) is 13.8 Å². The van der Waals surface area contributed by atoms with E-state index in [0.29, 0.717) is 25.7 Å². The summed E-state index contributed by atoms with van der Waals surface area (Å²) in [5.74, 6) is 0.449. The van der Waals surface area contributed by atoms with Crippen molar-refractivity contribution in [3.8, 4) is 0 Å². The maximum atomic E-state index is 12.0. The molecule has 7 heteroatoms. The summed E-state index contributed by atoms with van der Waals surface area (Å²) < 4.78 is 15.8. The van der Waals surface area contributed by atoms with Gasteiger partial charge in [0.25, 0.3) is 0 Å². The summed E-state index contributed by atoms with van der Waals surface area (Å²) in [6, 6.07) is -0.117. The Morgan fingerprint density at radius 3 is 2.74 bits per heavy atom. The first-order valence-corrected chi connectivity index (χ1v) is 8.62. The molecule has 0 bridgehead atoms. The van der Waals surface area contributed by atoms with Gasteiger partial charge >= 0.3 is 6.09 Å². The van der Waals surface area contributed by atoms with Crippen LogP contribution in [-0.2, 0) is 14.2 Å². The van der Waals surface area contributed by atoms with Crippen LogP contribution in [-0.4, -0.2) is 62.0 Å². The van der Waals surface area contributed by atoms with Gasteiger partial charge in [0.15, 0.2) is 6.29 Å². The molecule has 0 spiro atoms. The zero-order valence-electron chi connectivity index (χ0n) is 14.1. The first-order valence-electron chi connectivity index (χ1n) is 8.62. The van der Waals surface area contributed by atoms with Crippen LogP contribution in [0.5, 0.6) is 0 Å². The lowest BCUT2D eigenvalue weighted by Crippen LogP contribution is -2.47. The van der Waals surface area contributed by atoms with Gasteiger partial charge in [0.2, 0.25) is 0 Å². The summed E-state index contributed by atoms with van der Waals surface area (Å²) in [4.78, 5) is 12.0. The van der Waals surface area contributed by atoms with E-state index in [1.165, 1.54) is 0 Å². The molecule has 2 rings (SSSR count). The Morgan fingerprint density at radius 2 is 2.13 bits per heavy atom. The molecule has 2 fully saturated rings. The zero-order chi connectivity index (χ0) is 16.7. The van der Waals surface area contributed by atoms with Crippen molar-refractivity contribution in [2.24, 2.45) is 5.92 Å². The first-order chi connectivity index (χ1) is 11.0. The number of nitrogens with one attached hydrogen (secondary N) is 2. The molecule has 0 aromatic carbocycles. The van der Waals surface area contributed by atoms with E-state index >= 15 is 0 Å². The van der Waals surface area contributed by atoms with Gasteiger partial charge in [-0.2, -0.15) is 0 Å². The minimum absolute atomic E-state index is 0.0354. The number of carbonyl (C=O) groups is 1. The molecule has 1 amide bonds. The number of rotatable bonds is 8. The second-order valence-electron chi connectivity index (χ2n) is 6.77. The summed E-state index contributed by atoms with van der Waals surface area (Å²) in [7, 11) is 0. The molecule has 134 valence electrons. The third-order valence-corrected chi connectivity index (χ3v) is 4.19. The van der Waals surface area contributed by atoms with Gasteiger partial charge in [-0.3, -0.25) is 0 Å². The van der Waals surface area contributed by atoms with E-state index < -0.39 is 12.4 Å². The lowest BCUT2D eigenvalue weighted by molar-refractivity contribution is -0.0718. The molecule has 4 atom stereocenters. The number of alkyl carbamates (subject to hydrolysis) is 1. The van der Waals surface area contributed by atoms with Crippen molar-refractivity contribution in [1.82, 2.24) is 10.6 Å². The maximum absolute atomic E-state index is 12.0. The second-order valence-corrected chi connectivity index (χ2v) is 6.77. The summed E-state index contributed by atoms with van der Waals surface area (Å²) in [6.07, 6.45) is 2.46. The molecule has 0 radical (unpaired) electrons. The van der Waals surface area contributed by atoms with Crippen LogP contribution >= 0.6 is 0 Å². The van der Waals surface area contributed by atoms with Gasteiger partial charge in [0.05, 0.1) is 18.8 Å². The molecule has 3 N–H and O–H groups in total. The molecule has 2 unspecified atom stereocenters. The molecular weight excluding hydrogens is 300 g/mol. The molecule has 2 heterocycles. The van der Waals surface area contributed by atoms with Crippen molar-refractivity contribution in [3.05, 3.63) is 0 Å². The molecule has 23 heavy (non-hydrogen) atoms. The summed E-state index contributed by atoms with van der Waals surface area (Å²) in [5.41, 5.74) is 0. The third kappa shape index (κ3) is 6.63. The third-order valence-electron chi connectivity index (χ3n) is 4.19. The molecule has 0 saturated carbocycles. The second kappa shape index (κ2) is 9.42. The van der Waals surface area contributed by atoms with Crippen molar-refractivity contribution in [2.75, 3.05) is 26.4 Å². The van der Waals surface area contributed by atoms with E-state index in [2.05, 4.69) is 24.5 Å². The highest BCUT2D eigenvalue weighted by Crippen LogP contribution is 2.13. The summed E-state index contributed by atoms with van der Waals surface area (Å²) in [6.45, 7) is 6.42. The van der Waals surface area contributed by atoms with Crippen molar-refractivity contribution < 1.29 is 24.1 Å². The molecular formula is C16H30N2O5. The Labute approximate surface area is 138 Å². The number of ether oxygens (including phenoxy) is 3. The molecule has 7 nitrogen and oxygen atoms in total. The quantitative estimate of drug-likeness (QED) is 0.615. The molecule has 2 aliphatic heterocycles. The maximum Gasteiger partial charge on any atom is 0.407 e. The SMILES string of the molecule is CC(C)C[C@H](CN[C@H]1CCOC1O)NC(=O)OCC1CCCO1. The van der Waals surface area contributed by atoms with Gasteiger partial charge < -0.3 is 30.0 Å². The van der Waals surface area contributed by atoms with Crippen LogP contribution in [0.2, 0.25) is 0 Å². The average molecular weight is 330 g/mol. The number of aliphatic hydroxyl groups is 1. The molecule has 2 saturated heterocycles. The lowest BCUT2D eigenvalue weighted by Gasteiger charge is -2.24. The smallest absolute Gasteiger partial charge is 0.407 e. The fourth-order valence-electron chi connectivity index (χ4n) is 2.99. The molecule has 0 aromatic rings. The van der Waals surface area contributed by atoms with E-state index in [4.69, 9.17) is 14.2 Å². The van der Waals surface area contributed by atoms with Crippen LogP contribution < -0.4 is 10.6 Å². The number of hydrogen-bond donors (Lipinski definition) is 3. The minimum atomic E-state index is -0.763.